The maximum atomic E-state index is 12.0. The molecule has 2 rings (SSSR count). The molecule has 0 radical (unpaired) electrons. The van der Waals surface area contributed by atoms with Gasteiger partial charge in [0.1, 0.15) is 6.04 Å². The van der Waals surface area contributed by atoms with Gasteiger partial charge in [0.25, 0.3) is 5.91 Å². The van der Waals surface area contributed by atoms with E-state index in [0.717, 1.165) is 11.3 Å². The fraction of sp³-hybridized carbons (Fsp3) is 0.235. The van der Waals surface area contributed by atoms with Crippen LogP contribution < -0.4 is 10.6 Å². The number of carbonyl (C=O) groups is 1. The Hall–Kier alpha value is -2.13. The van der Waals surface area contributed by atoms with Gasteiger partial charge < -0.3 is 10.6 Å². The summed E-state index contributed by atoms with van der Waals surface area (Å²) in [6.45, 7) is 4.52. The number of carbonyl (C=O) groups excluding carboxylic acids is 1. The van der Waals surface area contributed by atoms with Crippen LogP contribution in [0.15, 0.2) is 54.6 Å². The number of amides is 1. The van der Waals surface area contributed by atoms with E-state index < -0.39 is 0 Å². The highest BCUT2D eigenvalue weighted by atomic mass is 16.1. The van der Waals surface area contributed by atoms with Crippen LogP contribution in [0.5, 0.6) is 0 Å². The summed E-state index contributed by atoms with van der Waals surface area (Å²) >= 11 is 0. The minimum absolute atomic E-state index is 0.0297. The minimum atomic E-state index is 0.0297. The number of nitrogens with two attached hydrogens (primary N) is 1. The highest BCUT2D eigenvalue weighted by Crippen LogP contribution is 2.12. The molecule has 0 aliphatic rings. The van der Waals surface area contributed by atoms with Gasteiger partial charge >= 0.3 is 0 Å². The molecule has 0 bridgehead atoms. The van der Waals surface area contributed by atoms with Gasteiger partial charge in [0, 0.05) is 11.3 Å². The molecule has 0 aromatic heterocycles. The molecule has 0 heterocycles. The third-order valence-corrected chi connectivity index (χ3v) is 3.40. The number of rotatable bonds is 5. The summed E-state index contributed by atoms with van der Waals surface area (Å²) in [5.74, 6) is 0.0297. The molecule has 20 heavy (non-hydrogen) atoms. The van der Waals surface area contributed by atoms with Crippen LogP contribution in [0.25, 0.3) is 0 Å². The van der Waals surface area contributed by atoms with Crippen molar-refractivity contribution >= 4 is 11.6 Å². The maximum absolute atomic E-state index is 12.0. The molecule has 3 nitrogen and oxygen atoms in total. The van der Waals surface area contributed by atoms with Gasteiger partial charge in [0.15, 0.2) is 6.54 Å². The lowest BCUT2D eigenvalue weighted by Gasteiger charge is -2.12. The van der Waals surface area contributed by atoms with Gasteiger partial charge in [-0.1, -0.05) is 48.5 Å². The summed E-state index contributed by atoms with van der Waals surface area (Å²) in [5.41, 5.74) is 3.20. The van der Waals surface area contributed by atoms with Gasteiger partial charge in [-0.3, -0.25) is 4.79 Å². The molecule has 104 valence electrons. The van der Waals surface area contributed by atoms with E-state index in [0.29, 0.717) is 6.54 Å². The summed E-state index contributed by atoms with van der Waals surface area (Å²) in [6, 6.07) is 18.3. The lowest BCUT2D eigenvalue weighted by atomic mass is 10.1. The number of hydrogen-bond donors (Lipinski definition) is 2. The molecular weight excluding hydrogens is 248 g/mol. The zero-order valence-corrected chi connectivity index (χ0v) is 12.0. The van der Waals surface area contributed by atoms with Crippen LogP contribution in [0.2, 0.25) is 0 Å². The first-order valence-corrected chi connectivity index (χ1v) is 6.90. The number of hydrogen-bond acceptors (Lipinski definition) is 1. The number of nitrogens with one attached hydrogen (secondary N) is 1. The normalized spacial score (nSPS) is 11.9. The highest BCUT2D eigenvalue weighted by molar-refractivity contribution is 5.92. The van der Waals surface area contributed by atoms with Gasteiger partial charge in [-0.05, 0) is 25.5 Å². The molecule has 0 spiro atoms. The van der Waals surface area contributed by atoms with Gasteiger partial charge in [-0.25, -0.2) is 0 Å². The van der Waals surface area contributed by atoms with Crippen molar-refractivity contribution in [2.24, 2.45) is 0 Å². The standard InChI is InChI=1S/C17H20N2O/c1-13-8-6-7-11-16(13)19-17(20)12-18-14(2)15-9-4-3-5-10-15/h3-11,14,18H,12H2,1-2H3,(H,19,20)/p+1/t14-/m0/s1. The van der Waals surface area contributed by atoms with Gasteiger partial charge in [-0.2, -0.15) is 0 Å². The second kappa shape index (κ2) is 6.87. The quantitative estimate of drug-likeness (QED) is 0.859. The number of benzene rings is 2. The Balaban J connectivity index is 1.85. The van der Waals surface area contributed by atoms with Crippen LogP contribution in [0, 0.1) is 6.92 Å². The number of anilines is 1. The summed E-state index contributed by atoms with van der Waals surface area (Å²) in [7, 11) is 0. The average Bonchev–Trinajstić information content (AvgIpc) is 2.48. The Morgan fingerprint density at radius 1 is 1.10 bits per heavy atom. The molecular formula is C17H21N2O+. The summed E-state index contributed by atoms with van der Waals surface area (Å²) in [6.07, 6.45) is 0. The SMILES string of the molecule is Cc1ccccc1NC(=O)C[NH2+][C@@H](C)c1ccccc1. The molecule has 0 aliphatic heterocycles. The van der Waals surface area contributed by atoms with E-state index in [9.17, 15) is 4.79 Å². The number of quaternary nitrogens is 1. The van der Waals surface area contributed by atoms with E-state index in [1.54, 1.807) is 0 Å². The van der Waals surface area contributed by atoms with E-state index in [4.69, 9.17) is 0 Å². The highest BCUT2D eigenvalue weighted by Gasteiger charge is 2.11. The molecule has 2 aromatic rings. The summed E-state index contributed by atoms with van der Waals surface area (Å²) < 4.78 is 0. The van der Waals surface area contributed by atoms with Gasteiger partial charge in [0.05, 0.1) is 0 Å². The molecule has 0 saturated carbocycles. The van der Waals surface area contributed by atoms with Crippen LogP contribution in [0.3, 0.4) is 0 Å². The van der Waals surface area contributed by atoms with Crippen molar-refractivity contribution in [2.75, 3.05) is 11.9 Å². The number of aryl methyl sites for hydroxylation is 1. The van der Waals surface area contributed by atoms with E-state index in [1.165, 1.54) is 5.56 Å². The molecule has 3 heteroatoms. The fourth-order valence-electron chi connectivity index (χ4n) is 2.09. The molecule has 0 unspecified atom stereocenters. The monoisotopic (exact) mass is 269 g/mol. The Kier molecular flexibility index (Phi) is 4.91. The predicted octanol–water partition coefficient (Wildman–Crippen LogP) is 2.26. The first-order valence-electron chi connectivity index (χ1n) is 6.90. The second-order valence-corrected chi connectivity index (χ2v) is 5.00. The summed E-state index contributed by atoms with van der Waals surface area (Å²) in [5, 5.41) is 4.99. The molecule has 0 aliphatic carbocycles. The molecule has 1 atom stereocenters. The first-order chi connectivity index (χ1) is 9.66. The fourth-order valence-corrected chi connectivity index (χ4v) is 2.09. The average molecular weight is 269 g/mol. The van der Waals surface area contributed by atoms with E-state index >= 15 is 0 Å². The Morgan fingerprint density at radius 2 is 1.75 bits per heavy atom. The van der Waals surface area contributed by atoms with E-state index in [-0.39, 0.29) is 11.9 Å². The first kappa shape index (κ1) is 14.3. The predicted molar refractivity (Wildman–Crippen MR) is 81.5 cm³/mol. The maximum Gasteiger partial charge on any atom is 0.279 e. The minimum Gasteiger partial charge on any atom is -0.333 e. The molecule has 1 amide bonds. The molecule has 0 saturated heterocycles. The van der Waals surface area contributed by atoms with Crippen molar-refractivity contribution in [3.63, 3.8) is 0 Å². The molecule has 2 aromatic carbocycles. The van der Waals surface area contributed by atoms with Crippen molar-refractivity contribution in [1.29, 1.82) is 0 Å². The Labute approximate surface area is 120 Å². The third-order valence-electron chi connectivity index (χ3n) is 3.40. The van der Waals surface area contributed by atoms with Crippen LogP contribution in [0.4, 0.5) is 5.69 Å². The zero-order valence-electron chi connectivity index (χ0n) is 12.0. The van der Waals surface area contributed by atoms with Crippen LogP contribution in [-0.2, 0) is 4.79 Å². The zero-order chi connectivity index (χ0) is 14.4. The Morgan fingerprint density at radius 3 is 2.45 bits per heavy atom. The van der Waals surface area contributed by atoms with Crippen molar-refractivity contribution < 1.29 is 10.1 Å². The van der Waals surface area contributed by atoms with Crippen molar-refractivity contribution in [3.05, 3.63) is 65.7 Å². The van der Waals surface area contributed by atoms with Crippen LogP contribution in [0.1, 0.15) is 24.1 Å². The second-order valence-electron chi connectivity index (χ2n) is 5.00. The van der Waals surface area contributed by atoms with Gasteiger partial charge in [0.2, 0.25) is 0 Å². The van der Waals surface area contributed by atoms with E-state index in [2.05, 4.69) is 24.4 Å². The smallest absolute Gasteiger partial charge is 0.279 e. The Bertz CT molecular complexity index is 566. The summed E-state index contributed by atoms with van der Waals surface area (Å²) in [4.78, 5) is 12.0. The van der Waals surface area contributed by atoms with Gasteiger partial charge in [-0.15, -0.1) is 0 Å². The largest absolute Gasteiger partial charge is 0.333 e. The number of para-hydroxylation sites is 1. The van der Waals surface area contributed by atoms with Crippen molar-refractivity contribution in [1.82, 2.24) is 0 Å². The lowest BCUT2D eigenvalue weighted by molar-refractivity contribution is -0.682. The third kappa shape index (κ3) is 3.93. The lowest BCUT2D eigenvalue weighted by Crippen LogP contribution is -2.86. The van der Waals surface area contributed by atoms with E-state index in [1.807, 2.05) is 54.7 Å². The molecule has 0 fully saturated rings. The van der Waals surface area contributed by atoms with Crippen LogP contribution >= 0.6 is 0 Å². The topological polar surface area (TPSA) is 45.7 Å². The van der Waals surface area contributed by atoms with Crippen LogP contribution in [-0.4, -0.2) is 12.5 Å². The van der Waals surface area contributed by atoms with Crippen molar-refractivity contribution in [2.45, 2.75) is 19.9 Å². The molecule has 3 N–H and O–H groups in total. The van der Waals surface area contributed by atoms with Crippen molar-refractivity contribution in [3.8, 4) is 0 Å².